The van der Waals surface area contributed by atoms with Crippen molar-refractivity contribution in [2.75, 3.05) is 0 Å². The highest BCUT2D eigenvalue weighted by atomic mass is 19.1. The van der Waals surface area contributed by atoms with E-state index in [0.29, 0.717) is 16.6 Å². The van der Waals surface area contributed by atoms with Gasteiger partial charge in [0.25, 0.3) is 5.56 Å². The Balaban J connectivity index is 1.54. The summed E-state index contributed by atoms with van der Waals surface area (Å²) in [5, 5.41) is 1.07. The van der Waals surface area contributed by atoms with Crippen molar-refractivity contribution in [1.82, 2.24) is 19.5 Å². The molecule has 0 atom stereocenters. The summed E-state index contributed by atoms with van der Waals surface area (Å²) in [7, 11) is 0. The molecule has 0 aliphatic rings. The number of H-pyrrole nitrogens is 1. The Bertz CT molecular complexity index is 1390. The first-order valence-electron chi connectivity index (χ1n) is 8.84. The Morgan fingerprint density at radius 3 is 2.75 bits per heavy atom. The molecule has 0 amide bonds. The van der Waals surface area contributed by atoms with Crippen LogP contribution in [0.2, 0.25) is 0 Å². The van der Waals surface area contributed by atoms with Crippen LogP contribution < -0.4 is 5.56 Å². The lowest BCUT2D eigenvalue weighted by molar-refractivity contribution is 0.599. The molecule has 5 rings (SSSR count). The van der Waals surface area contributed by atoms with E-state index in [1.54, 1.807) is 24.5 Å². The van der Waals surface area contributed by atoms with Crippen LogP contribution in [0.25, 0.3) is 33.1 Å². The molecule has 3 aromatic heterocycles. The minimum absolute atomic E-state index is 0.130. The molecular formula is C22H15FN4O. The summed E-state index contributed by atoms with van der Waals surface area (Å²) in [6.07, 6.45) is 6.30. The van der Waals surface area contributed by atoms with Crippen LogP contribution in [-0.2, 0) is 6.54 Å². The van der Waals surface area contributed by atoms with Gasteiger partial charge in [0.2, 0.25) is 0 Å². The van der Waals surface area contributed by atoms with Crippen molar-refractivity contribution in [2.45, 2.75) is 6.54 Å². The Kier molecular flexibility index (Phi) is 3.76. The van der Waals surface area contributed by atoms with Gasteiger partial charge in [-0.3, -0.25) is 9.78 Å². The van der Waals surface area contributed by atoms with Crippen LogP contribution >= 0.6 is 0 Å². The number of hydrogen-bond acceptors (Lipinski definition) is 3. The summed E-state index contributed by atoms with van der Waals surface area (Å²) in [6.45, 7) is 0.130. The lowest BCUT2D eigenvalue weighted by atomic mass is 10.0. The number of hydrogen-bond donors (Lipinski definition) is 1. The normalized spacial score (nSPS) is 11.3. The fourth-order valence-electron chi connectivity index (χ4n) is 3.44. The molecule has 0 saturated heterocycles. The maximum Gasteiger partial charge on any atom is 0.269 e. The van der Waals surface area contributed by atoms with Gasteiger partial charge in [0, 0.05) is 23.5 Å². The first-order chi connectivity index (χ1) is 13.7. The lowest BCUT2D eigenvalue weighted by Gasteiger charge is -2.11. The SMILES string of the molecule is O=c1cnc2cnccc2n1Cc1ccc(-c2ccc3[nH]ccc3c2)cc1F. The first-order valence-corrected chi connectivity index (χ1v) is 8.84. The standard InChI is InChI=1S/C22H15FN4O/c23-18-10-15(14-3-4-19-16(9-14)5-8-25-19)1-2-17(18)13-27-21-6-7-24-11-20(21)26-12-22(27)28/h1-12,25H,13H2. The molecule has 1 N–H and O–H groups in total. The van der Waals surface area contributed by atoms with Gasteiger partial charge >= 0.3 is 0 Å². The highest BCUT2D eigenvalue weighted by Crippen LogP contribution is 2.26. The maximum atomic E-state index is 14.9. The molecule has 136 valence electrons. The van der Waals surface area contributed by atoms with Gasteiger partial charge in [-0.05, 0) is 46.8 Å². The highest BCUT2D eigenvalue weighted by Gasteiger charge is 2.10. The molecule has 0 aliphatic carbocycles. The van der Waals surface area contributed by atoms with Crippen LogP contribution in [0.5, 0.6) is 0 Å². The number of nitrogens with one attached hydrogen (secondary N) is 1. The van der Waals surface area contributed by atoms with Crippen LogP contribution in [-0.4, -0.2) is 19.5 Å². The third kappa shape index (κ3) is 2.75. The Morgan fingerprint density at radius 2 is 1.86 bits per heavy atom. The lowest BCUT2D eigenvalue weighted by Crippen LogP contribution is -2.21. The van der Waals surface area contributed by atoms with Crippen molar-refractivity contribution in [1.29, 1.82) is 0 Å². The molecule has 5 nitrogen and oxygen atoms in total. The zero-order valence-electron chi connectivity index (χ0n) is 14.8. The van der Waals surface area contributed by atoms with Crippen LogP contribution in [0.4, 0.5) is 4.39 Å². The number of nitrogens with zero attached hydrogens (tertiary/aromatic N) is 3. The average molecular weight is 370 g/mol. The fraction of sp³-hybridized carbons (Fsp3) is 0.0455. The second-order valence-corrected chi connectivity index (χ2v) is 6.63. The average Bonchev–Trinajstić information content (AvgIpc) is 3.19. The molecule has 2 aromatic carbocycles. The summed E-state index contributed by atoms with van der Waals surface area (Å²) in [5.74, 6) is -0.349. The number of rotatable bonds is 3. The van der Waals surface area contributed by atoms with Crippen molar-refractivity contribution >= 4 is 21.9 Å². The summed E-state index contributed by atoms with van der Waals surface area (Å²) in [5.41, 5.74) is 4.16. The van der Waals surface area contributed by atoms with Gasteiger partial charge in [0.1, 0.15) is 11.3 Å². The van der Waals surface area contributed by atoms with E-state index in [2.05, 4.69) is 15.0 Å². The van der Waals surface area contributed by atoms with Gasteiger partial charge in [-0.25, -0.2) is 9.37 Å². The van der Waals surface area contributed by atoms with Crippen LogP contribution in [0.3, 0.4) is 0 Å². The minimum Gasteiger partial charge on any atom is -0.361 e. The minimum atomic E-state index is -0.349. The molecular weight excluding hydrogens is 355 g/mol. The van der Waals surface area contributed by atoms with Crippen LogP contribution in [0, 0.1) is 5.82 Å². The van der Waals surface area contributed by atoms with Crippen molar-refractivity contribution in [2.24, 2.45) is 0 Å². The Labute approximate surface area is 159 Å². The second-order valence-electron chi connectivity index (χ2n) is 6.63. The second kappa shape index (κ2) is 6.42. The van der Waals surface area contributed by atoms with E-state index in [0.717, 1.165) is 22.0 Å². The predicted molar refractivity (Wildman–Crippen MR) is 107 cm³/mol. The number of benzene rings is 2. The molecule has 28 heavy (non-hydrogen) atoms. The number of halogens is 1. The summed E-state index contributed by atoms with van der Waals surface area (Å²) in [4.78, 5) is 23.5. The zero-order chi connectivity index (χ0) is 19.1. The number of aromatic nitrogens is 4. The van der Waals surface area contributed by atoms with Crippen molar-refractivity contribution in [3.05, 3.63) is 95.1 Å². The molecule has 3 heterocycles. The van der Waals surface area contributed by atoms with Gasteiger partial charge in [-0.2, -0.15) is 0 Å². The molecule has 0 saturated carbocycles. The van der Waals surface area contributed by atoms with E-state index in [4.69, 9.17) is 0 Å². The van der Waals surface area contributed by atoms with Gasteiger partial charge in [0.05, 0.1) is 24.5 Å². The van der Waals surface area contributed by atoms with Gasteiger partial charge in [-0.1, -0.05) is 18.2 Å². The number of pyridine rings is 1. The monoisotopic (exact) mass is 370 g/mol. The predicted octanol–water partition coefficient (Wildman–Crippen LogP) is 4.13. The van der Waals surface area contributed by atoms with E-state index < -0.39 is 0 Å². The van der Waals surface area contributed by atoms with Crippen molar-refractivity contribution < 1.29 is 4.39 Å². The molecule has 0 spiro atoms. The van der Waals surface area contributed by atoms with Gasteiger partial charge in [0.15, 0.2) is 0 Å². The third-order valence-corrected chi connectivity index (χ3v) is 4.92. The Hall–Kier alpha value is -3.80. The van der Waals surface area contributed by atoms with Crippen LogP contribution in [0.15, 0.2) is 78.1 Å². The highest BCUT2D eigenvalue weighted by molar-refractivity contribution is 5.85. The zero-order valence-corrected chi connectivity index (χ0v) is 14.8. The van der Waals surface area contributed by atoms with E-state index in [9.17, 15) is 9.18 Å². The molecule has 0 bridgehead atoms. The molecule has 0 aliphatic heterocycles. The molecule has 0 unspecified atom stereocenters. The van der Waals surface area contributed by atoms with E-state index in [1.807, 2.05) is 36.5 Å². The topological polar surface area (TPSA) is 63.6 Å². The smallest absolute Gasteiger partial charge is 0.269 e. The van der Waals surface area contributed by atoms with Crippen LogP contribution in [0.1, 0.15) is 5.56 Å². The summed E-state index contributed by atoms with van der Waals surface area (Å²) < 4.78 is 16.4. The Morgan fingerprint density at radius 1 is 1.00 bits per heavy atom. The van der Waals surface area contributed by atoms with Crippen molar-refractivity contribution in [3.63, 3.8) is 0 Å². The largest absolute Gasteiger partial charge is 0.361 e. The quantitative estimate of drug-likeness (QED) is 0.519. The van der Waals surface area contributed by atoms with E-state index in [-0.39, 0.29) is 17.9 Å². The number of aromatic amines is 1. The number of fused-ring (bicyclic) bond motifs is 2. The maximum absolute atomic E-state index is 14.9. The summed E-state index contributed by atoms with van der Waals surface area (Å²) >= 11 is 0. The third-order valence-electron chi connectivity index (χ3n) is 4.92. The van der Waals surface area contributed by atoms with E-state index >= 15 is 0 Å². The molecule has 0 fully saturated rings. The van der Waals surface area contributed by atoms with Gasteiger partial charge in [-0.15, -0.1) is 0 Å². The molecule has 0 radical (unpaired) electrons. The molecule has 6 heteroatoms. The first kappa shape index (κ1) is 16.4. The summed E-state index contributed by atoms with van der Waals surface area (Å²) in [6, 6.07) is 14.8. The fourth-order valence-corrected chi connectivity index (χ4v) is 3.44. The molecule has 5 aromatic rings. The van der Waals surface area contributed by atoms with Crippen molar-refractivity contribution in [3.8, 4) is 11.1 Å². The van der Waals surface area contributed by atoms with E-state index in [1.165, 1.54) is 16.8 Å². The van der Waals surface area contributed by atoms with Gasteiger partial charge < -0.3 is 9.55 Å².